The number of benzene rings is 1. The molecule has 0 radical (unpaired) electrons. The maximum atomic E-state index is 11.6. The van der Waals surface area contributed by atoms with E-state index >= 15 is 0 Å². The van der Waals surface area contributed by atoms with Crippen LogP contribution in [-0.2, 0) is 4.79 Å². The number of nitriles is 1. The first-order valence-corrected chi connectivity index (χ1v) is 6.22. The summed E-state index contributed by atoms with van der Waals surface area (Å²) in [6, 6.07) is 7.54. The molecular formula is C12H13N3OS. The Kier molecular flexibility index (Phi) is 3.36. The van der Waals surface area contributed by atoms with Gasteiger partial charge in [0.25, 0.3) is 0 Å². The van der Waals surface area contributed by atoms with Gasteiger partial charge in [-0.15, -0.1) is 11.8 Å². The van der Waals surface area contributed by atoms with Crippen LogP contribution >= 0.6 is 11.8 Å². The van der Waals surface area contributed by atoms with Crippen LogP contribution in [0.25, 0.3) is 0 Å². The topological polar surface area (TPSA) is 64.9 Å². The zero-order valence-corrected chi connectivity index (χ0v) is 10.5. The number of nitrogens with zero attached hydrogens (tertiary/aromatic N) is 1. The lowest BCUT2D eigenvalue weighted by Gasteiger charge is -2.22. The molecule has 0 saturated heterocycles. The van der Waals surface area contributed by atoms with Crippen molar-refractivity contribution in [2.75, 3.05) is 12.4 Å². The summed E-state index contributed by atoms with van der Waals surface area (Å²) in [4.78, 5) is 12.6. The molecule has 0 bridgehead atoms. The number of anilines is 1. The van der Waals surface area contributed by atoms with Gasteiger partial charge in [-0.25, -0.2) is 0 Å². The van der Waals surface area contributed by atoms with Crippen molar-refractivity contribution in [3.8, 4) is 6.07 Å². The number of hydrogen-bond donors (Lipinski definition) is 2. The summed E-state index contributed by atoms with van der Waals surface area (Å²) in [5.41, 5.74) is 1.66. The second-order valence-electron chi connectivity index (χ2n) is 3.86. The Morgan fingerprint density at radius 2 is 2.35 bits per heavy atom. The van der Waals surface area contributed by atoms with Crippen molar-refractivity contribution < 1.29 is 4.79 Å². The van der Waals surface area contributed by atoms with E-state index < -0.39 is 0 Å². The number of thioether (sulfide) groups is 1. The highest BCUT2D eigenvalue weighted by Gasteiger charge is 2.23. The minimum absolute atomic E-state index is 0.0117. The quantitative estimate of drug-likeness (QED) is 0.837. The lowest BCUT2D eigenvalue weighted by molar-refractivity contribution is -0.115. The lowest BCUT2D eigenvalue weighted by atomic mass is 10.1. The predicted octanol–water partition coefficient (Wildman–Crippen LogP) is 1.90. The molecule has 2 atom stereocenters. The van der Waals surface area contributed by atoms with Gasteiger partial charge in [-0.05, 0) is 31.7 Å². The van der Waals surface area contributed by atoms with Crippen molar-refractivity contribution in [2.24, 2.45) is 0 Å². The third-order valence-corrected chi connectivity index (χ3v) is 3.86. The van der Waals surface area contributed by atoms with Crippen LogP contribution in [0.4, 0.5) is 5.69 Å². The second-order valence-corrected chi connectivity index (χ2v) is 5.24. The molecule has 1 amide bonds. The van der Waals surface area contributed by atoms with Crippen molar-refractivity contribution in [1.29, 1.82) is 5.26 Å². The molecule has 2 N–H and O–H groups in total. The minimum Gasteiger partial charge on any atom is -0.324 e. The molecule has 2 unspecified atom stereocenters. The number of rotatable bonds is 2. The number of nitrogens with one attached hydrogen (secondary N) is 2. The third kappa shape index (κ3) is 2.28. The van der Waals surface area contributed by atoms with E-state index in [1.165, 1.54) is 0 Å². The van der Waals surface area contributed by atoms with Gasteiger partial charge in [-0.2, -0.15) is 5.26 Å². The number of carbonyl (C=O) groups excluding carboxylic acids is 1. The molecular weight excluding hydrogens is 234 g/mol. The van der Waals surface area contributed by atoms with Gasteiger partial charge in [0, 0.05) is 4.90 Å². The Morgan fingerprint density at radius 1 is 1.59 bits per heavy atom. The Morgan fingerprint density at radius 3 is 3.00 bits per heavy atom. The molecule has 1 aliphatic rings. The van der Waals surface area contributed by atoms with Gasteiger partial charge in [0.15, 0.2) is 0 Å². The van der Waals surface area contributed by atoms with Crippen LogP contribution in [0, 0.1) is 11.3 Å². The SMILES string of the molecule is CNC(C#N)c1ccc2c(c1)NC(=O)C(C)S2. The molecule has 1 aromatic rings. The third-order valence-electron chi connectivity index (χ3n) is 2.69. The van der Waals surface area contributed by atoms with Crippen LogP contribution in [0.15, 0.2) is 23.1 Å². The predicted molar refractivity (Wildman–Crippen MR) is 67.8 cm³/mol. The molecule has 0 aromatic heterocycles. The zero-order chi connectivity index (χ0) is 12.4. The van der Waals surface area contributed by atoms with Crippen molar-refractivity contribution in [3.05, 3.63) is 23.8 Å². The summed E-state index contributed by atoms with van der Waals surface area (Å²) in [7, 11) is 1.74. The van der Waals surface area contributed by atoms with E-state index in [1.54, 1.807) is 18.8 Å². The second kappa shape index (κ2) is 4.78. The highest BCUT2D eigenvalue weighted by molar-refractivity contribution is 8.00. The number of amides is 1. The van der Waals surface area contributed by atoms with Gasteiger partial charge >= 0.3 is 0 Å². The van der Waals surface area contributed by atoms with Gasteiger partial charge in [0.2, 0.25) is 5.91 Å². The van der Waals surface area contributed by atoms with Crippen LogP contribution in [0.5, 0.6) is 0 Å². The van der Waals surface area contributed by atoms with E-state index in [9.17, 15) is 4.79 Å². The van der Waals surface area contributed by atoms with E-state index in [1.807, 2.05) is 25.1 Å². The molecule has 5 heteroatoms. The van der Waals surface area contributed by atoms with E-state index in [-0.39, 0.29) is 17.2 Å². The van der Waals surface area contributed by atoms with E-state index in [4.69, 9.17) is 5.26 Å². The van der Waals surface area contributed by atoms with E-state index in [0.29, 0.717) is 0 Å². The fraction of sp³-hybridized carbons (Fsp3) is 0.333. The van der Waals surface area contributed by atoms with Crippen molar-refractivity contribution in [1.82, 2.24) is 5.32 Å². The van der Waals surface area contributed by atoms with Crippen molar-refractivity contribution >= 4 is 23.4 Å². The Hall–Kier alpha value is -1.51. The highest BCUT2D eigenvalue weighted by atomic mass is 32.2. The molecule has 1 heterocycles. The average molecular weight is 247 g/mol. The normalized spacial score (nSPS) is 20.1. The zero-order valence-electron chi connectivity index (χ0n) is 9.65. The van der Waals surface area contributed by atoms with Crippen LogP contribution in [0.1, 0.15) is 18.5 Å². The van der Waals surface area contributed by atoms with Gasteiger partial charge in [0.05, 0.1) is 17.0 Å². The number of carbonyl (C=O) groups is 1. The molecule has 4 nitrogen and oxygen atoms in total. The number of fused-ring (bicyclic) bond motifs is 1. The molecule has 17 heavy (non-hydrogen) atoms. The summed E-state index contributed by atoms with van der Waals surface area (Å²) in [5.74, 6) is 0.0117. The Labute approximate surface area is 104 Å². The average Bonchev–Trinajstić information content (AvgIpc) is 2.32. The summed E-state index contributed by atoms with van der Waals surface area (Å²) in [6.07, 6.45) is 0. The maximum Gasteiger partial charge on any atom is 0.237 e. The first-order chi connectivity index (χ1) is 8.15. The lowest BCUT2D eigenvalue weighted by Crippen LogP contribution is -2.26. The van der Waals surface area contributed by atoms with E-state index in [0.717, 1.165) is 16.1 Å². The monoisotopic (exact) mass is 247 g/mol. The van der Waals surface area contributed by atoms with Gasteiger partial charge < -0.3 is 10.6 Å². The molecule has 1 aliphatic heterocycles. The summed E-state index contributed by atoms with van der Waals surface area (Å²) in [5, 5.41) is 14.7. The Bertz CT molecular complexity index is 495. The fourth-order valence-electron chi connectivity index (χ4n) is 1.71. The molecule has 0 saturated carbocycles. The van der Waals surface area contributed by atoms with E-state index in [2.05, 4.69) is 16.7 Å². The standard InChI is InChI=1S/C12H13N3OS/c1-7-12(16)15-9-5-8(10(6-13)14-2)3-4-11(9)17-7/h3-5,7,10,14H,1-2H3,(H,15,16). The fourth-order valence-corrected chi connectivity index (χ4v) is 2.64. The van der Waals surface area contributed by atoms with Gasteiger partial charge in [0.1, 0.15) is 6.04 Å². The number of hydrogen-bond acceptors (Lipinski definition) is 4. The van der Waals surface area contributed by atoms with Crippen molar-refractivity contribution in [2.45, 2.75) is 23.1 Å². The first kappa shape index (κ1) is 12.0. The molecule has 0 fully saturated rings. The molecule has 88 valence electrons. The van der Waals surface area contributed by atoms with Crippen LogP contribution < -0.4 is 10.6 Å². The summed E-state index contributed by atoms with van der Waals surface area (Å²) in [6.45, 7) is 1.88. The maximum absolute atomic E-state index is 11.6. The summed E-state index contributed by atoms with van der Waals surface area (Å²) < 4.78 is 0. The van der Waals surface area contributed by atoms with Crippen molar-refractivity contribution in [3.63, 3.8) is 0 Å². The van der Waals surface area contributed by atoms with Crippen LogP contribution in [-0.4, -0.2) is 18.2 Å². The van der Waals surface area contributed by atoms with Gasteiger partial charge in [-0.3, -0.25) is 4.79 Å². The van der Waals surface area contributed by atoms with Gasteiger partial charge in [-0.1, -0.05) is 6.07 Å². The largest absolute Gasteiger partial charge is 0.324 e. The smallest absolute Gasteiger partial charge is 0.237 e. The molecule has 1 aromatic carbocycles. The summed E-state index contributed by atoms with van der Waals surface area (Å²) >= 11 is 1.54. The molecule has 2 rings (SSSR count). The molecule has 0 aliphatic carbocycles. The molecule has 0 spiro atoms. The Balaban J connectivity index is 2.35. The first-order valence-electron chi connectivity index (χ1n) is 5.34. The highest BCUT2D eigenvalue weighted by Crippen LogP contribution is 2.36. The van der Waals surface area contributed by atoms with Crippen LogP contribution in [0.2, 0.25) is 0 Å². The minimum atomic E-state index is -0.346. The van der Waals surface area contributed by atoms with Crippen LogP contribution in [0.3, 0.4) is 0 Å².